The van der Waals surface area contributed by atoms with E-state index < -0.39 is 21.8 Å². The standard InChI is InChI=1S/C14H15BrN4O4S/c1-16-24(22,23)9-7-12(19(2)8-9)14(21)18-17-13(20)10-5-3-4-6-11(10)15/h3-8,16H,1-2H3,(H,17,20)(H,18,21). The fourth-order valence-corrected chi connectivity index (χ4v) is 3.18. The van der Waals surface area contributed by atoms with E-state index in [0.717, 1.165) is 0 Å². The summed E-state index contributed by atoms with van der Waals surface area (Å²) in [6.07, 6.45) is 1.30. The van der Waals surface area contributed by atoms with Crippen LogP contribution in [0.15, 0.2) is 45.9 Å². The molecule has 2 aromatic rings. The second kappa shape index (κ2) is 7.16. The second-order valence-electron chi connectivity index (χ2n) is 4.77. The number of benzene rings is 1. The van der Waals surface area contributed by atoms with Crippen LogP contribution in [-0.2, 0) is 17.1 Å². The van der Waals surface area contributed by atoms with Crippen LogP contribution < -0.4 is 15.6 Å². The van der Waals surface area contributed by atoms with E-state index in [0.29, 0.717) is 10.0 Å². The molecule has 10 heteroatoms. The number of rotatable bonds is 4. The van der Waals surface area contributed by atoms with Crippen molar-refractivity contribution in [3.63, 3.8) is 0 Å². The number of nitrogens with one attached hydrogen (secondary N) is 3. The second-order valence-corrected chi connectivity index (χ2v) is 7.51. The SMILES string of the molecule is CNS(=O)(=O)c1cc(C(=O)NNC(=O)c2ccccc2Br)n(C)c1. The van der Waals surface area contributed by atoms with E-state index in [4.69, 9.17) is 0 Å². The number of carbonyl (C=O) groups is 2. The van der Waals surface area contributed by atoms with E-state index in [1.165, 1.54) is 30.9 Å². The lowest BCUT2D eigenvalue weighted by Crippen LogP contribution is -2.42. The molecule has 0 saturated carbocycles. The van der Waals surface area contributed by atoms with Gasteiger partial charge >= 0.3 is 0 Å². The van der Waals surface area contributed by atoms with Crippen LogP contribution in [0.2, 0.25) is 0 Å². The smallest absolute Gasteiger partial charge is 0.286 e. The van der Waals surface area contributed by atoms with Crippen molar-refractivity contribution < 1.29 is 18.0 Å². The molecule has 0 atom stereocenters. The maximum absolute atomic E-state index is 12.1. The molecule has 2 amide bonds. The topological polar surface area (TPSA) is 109 Å². The Morgan fingerprint density at radius 2 is 1.75 bits per heavy atom. The minimum Gasteiger partial charge on any atom is -0.345 e. The van der Waals surface area contributed by atoms with Gasteiger partial charge in [-0.1, -0.05) is 12.1 Å². The van der Waals surface area contributed by atoms with E-state index in [9.17, 15) is 18.0 Å². The Morgan fingerprint density at radius 3 is 2.38 bits per heavy atom. The molecule has 0 bridgehead atoms. The lowest BCUT2D eigenvalue weighted by Gasteiger charge is -2.08. The van der Waals surface area contributed by atoms with Gasteiger partial charge in [0.25, 0.3) is 11.8 Å². The molecule has 0 unspecified atom stereocenters. The van der Waals surface area contributed by atoms with Gasteiger partial charge < -0.3 is 4.57 Å². The summed E-state index contributed by atoms with van der Waals surface area (Å²) in [6, 6.07) is 7.95. The van der Waals surface area contributed by atoms with Crippen molar-refractivity contribution in [1.82, 2.24) is 20.1 Å². The van der Waals surface area contributed by atoms with Gasteiger partial charge in [-0.05, 0) is 41.2 Å². The molecule has 0 aliphatic rings. The van der Waals surface area contributed by atoms with Crippen molar-refractivity contribution in [1.29, 1.82) is 0 Å². The molecule has 1 aromatic carbocycles. The Labute approximate surface area is 147 Å². The highest BCUT2D eigenvalue weighted by atomic mass is 79.9. The number of carbonyl (C=O) groups excluding carboxylic acids is 2. The van der Waals surface area contributed by atoms with Crippen molar-refractivity contribution >= 4 is 37.8 Å². The van der Waals surface area contributed by atoms with Crippen LogP contribution in [0.5, 0.6) is 0 Å². The predicted octanol–water partition coefficient (Wildman–Crippen LogP) is 0.771. The summed E-state index contributed by atoms with van der Waals surface area (Å²) in [5.74, 6) is -1.15. The third-order valence-corrected chi connectivity index (χ3v) is 5.27. The molecule has 1 aromatic heterocycles. The molecule has 0 spiro atoms. The molecule has 24 heavy (non-hydrogen) atoms. The fourth-order valence-electron chi connectivity index (χ4n) is 1.92. The number of aromatic nitrogens is 1. The molecule has 3 N–H and O–H groups in total. The molecule has 1 heterocycles. The average molecular weight is 415 g/mol. The van der Waals surface area contributed by atoms with Gasteiger partial charge in [0.2, 0.25) is 10.0 Å². The zero-order valence-electron chi connectivity index (χ0n) is 12.8. The Morgan fingerprint density at radius 1 is 1.12 bits per heavy atom. The number of amides is 2. The first-order chi connectivity index (χ1) is 11.3. The quantitative estimate of drug-likeness (QED) is 0.641. The van der Waals surface area contributed by atoms with Crippen LogP contribution in [-0.4, -0.2) is 31.8 Å². The number of hydrogen-bond donors (Lipinski definition) is 3. The number of hydrazine groups is 1. The molecule has 0 saturated heterocycles. The highest BCUT2D eigenvalue weighted by Gasteiger charge is 2.19. The molecule has 8 nitrogen and oxygen atoms in total. The number of sulfonamides is 1. The zero-order chi connectivity index (χ0) is 17.9. The van der Waals surface area contributed by atoms with Crippen LogP contribution in [0.4, 0.5) is 0 Å². The first-order valence-electron chi connectivity index (χ1n) is 6.71. The van der Waals surface area contributed by atoms with Crippen molar-refractivity contribution in [2.24, 2.45) is 7.05 Å². The van der Waals surface area contributed by atoms with Gasteiger partial charge in [0.15, 0.2) is 0 Å². The number of aryl methyl sites for hydroxylation is 1. The van der Waals surface area contributed by atoms with Crippen LogP contribution in [0.3, 0.4) is 0 Å². The largest absolute Gasteiger partial charge is 0.345 e. The maximum Gasteiger partial charge on any atom is 0.286 e. The Bertz CT molecular complexity index is 892. The van der Waals surface area contributed by atoms with Crippen molar-refractivity contribution in [3.05, 3.63) is 52.3 Å². The molecule has 0 aliphatic heterocycles. The monoisotopic (exact) mass is 414 g/mol. The summed E-state index contributed by atoms with van der Waals surface area (Å²) in [6.45, 7) is 0. The van der Waals surface area contributed by atoms with Gasteiger partial charge in [-0.2, -0.15) is 0 Å². The summed E-state index contributed by atoms with van der Waals surface area (Å²) in [7, 11) is -0.853. The highest BCUT2D eigenvalue weighted by molar-refractivity contribution is 9.10. The van der Waals surface area contributed by atoms with Gasteiger partial charge in [-0.15, -0.1) is 0 Å². The van der Waals surface area contributed by atoms with E-state index in [1.807, 2.05) is 0 Å². The Balaban J connectivity index is 2.11. The lowest BCUT2D eigenvalue weighted by molar-refractivity contribution is 0.0841. The summed E-state index contributed by atoms with van der Waals surface area (Å²) in [5, 5.41) is 0. The van der Waals surface area contributed by atoms with Gasteiger partial charge in [-0.3, -0.25) is 20.4 Å². The van der Waals surface area contributed by atoms with Gasteiger partial charge in [0, 0.05) is 17.7 Å². The van der Waals surface area contributed by atoms with Crippen molar-refractivity contribution in [2.45, 2.75) is 4.90 Å². The van der Waals surface area contributed by atoms with E-state index >= 15 is 0 Å². The molecule has 128 valence electrons. The molecule has 0 fully saturated rings. The molecule has 0 radical (unpaired) electrons. The number of nitrogens with zero attached hydrogens (tertiary/aromatic N) is 1. The van der Waals surface area contributed by atoms with Crippen LogP contribution >= 0.6 is 15.9 Å². The number of halogens is 1. The first kappa shape index (κ1) is 18.2. The maximum atomic E-state index is 12.1. The average Bonchev–Trinajstić information content (AvgIpc) is 2.95. The van der Waals surface area contributed by atoms with Crippen LogP contribution in [0.1, 0.15) is 20.8 Å². The zero-order valence-corrected chi connectivity index (χ0v) is 15.2. The van der Waals surface area contributed by atoms with Gasteiger partial charge in [0.05, 0.1) is 5.56 Å². The summed E-state index contributed by atoms with van der Waals surface area (Å²) >= 11 is 3.24. The third kappa shape index (κ3) is 3.83. The number of hydrogen-bond acceptors (Lipinski definition) is 4. The van der Waals surface area contributed by atoms with Crippen LogP contribution in [0, 0.1) is 0 Å². The summed E-state index contributed by atoms with van der Waals surface area (Å²) < 4.78 is 27.6. The Kier molecular flexibility index (Phi) is 5.42. The highest BCUT2D eigenvalue weighted by Crippen LogP contribution is 2.15. The molecule has 2 rings (SSSR count). The first-order valence-corrected chi connectivity index (χ1v) is 8.99. The van der Waals surface area contributed by atoms with E-state index in [1.54, 1.807) is 24.3 Å². The Hall–Kier alpha value is -2.17. The minimum absolute atomic E-state index is 0.0465. The van der Waals surface area contributed by atoms with E-state index in [2.05, 4.69) is 31.5 Å². The lowest BCUT2D eigenvalue weighted by atomic mass is 10.2. The molecule has 0 aliphatic carbocycles. The van der Waals surface area contributed by atoms with Gasteiger partial charge in [-0.25, -0.2) is 13.1 Å². The third-order valence-electron chi connectivity index (χ3n) is 3.20. The van der Waals surface area contributed by atoms with Crippen LogP contribution in [0.25, 0.3) is 0 Å². The normalized spacial score (nSPS) is 11.1. The van der Waals surface area contributed by atoms with Gasteiger partial charge in [0.1, 0.15) is 10.6 Å². The molecular weight excluding hydrogens is 400 g/mol. The molecular formula is C14H15BrN4O4S. The summed E-state index contributed by atoms with van der Waals surface area (Å²) in [5.41, 5.74) is 4.96. The van der Waals surface area contributed by atoms with Crippen molar-refractivity contribution in [3.8, 4) is 0 Å². The predicted molar refractivity (Wildman–Crippen MR) is 90.7 cm³/mol. The van der Waals surface area contributed by atoms with E-state index in [-0.39, 0.29) is 10.6 Å². The fraction of sp³-hybridized carbons (Fsp3) is 0.143. The summed E-state index contributed by atoms with van der Waals surface area (Å²) in [4.78, 5) is 24.1. The minimum atomic E-state index is -3.66. The van der Waals surface area contributed by atoms with Crippen molar-refractivity contribution in [2.75, 3.05) is 7.05 Å².